The molecular formula is C20H20N2O5. The third-order valence-corrected chi connectivity index (χ3v) is 4.40. The van der Waals surface area contributed by atoms with Crippen molar-refractivity contribution in [3.05, 3.63) is 60.2 Å². The molecule has 1 fully saturated rings. The first-order valence-electron chi connectivity index (χ1n) is 8.59. The van der Waals surface area contributed by atoms with E-state index in [9.17, 15) is 14.4 Å². The number of aliphatic carboxylic acids is 1. The Labute approximate surface area is 156 Å². The minimum absolute atomic E-state index is 0.234. The number of benzene rings is 2. The summed E-state index contributed by atoms with van der Waals surface area (Å²) in [4.78, 5) is 35.6. The minimum Gasteiger partial charge on any atom is -0.479 e. The van der Waals surface area contributed by atoms with Crippen LogP contribution in [0.15, 0.2) is 54.6 Å². The monoisotopic (exact) mass is 368 g/mol. The van der Waals surface area contributed by atoms with Crippen LogP contribution in [0.4, 0.5) is 11.4 Å². The van der Waals surface area contributed by atoms with E-state index in [1.807, 2.05) is 18.2 Å². The molecule has 0 saturated carbocycles. The number of ether oxygens (including phenoxy) is 1. The van der Waals surface area contributed by atoms with Crippen LogP contribution in [0.2, 0.25) is 0 Å². The Balaban J connectivity index is 1.58. The van der Waals surface area contributed by atoms with Crippen LogP contribution in [0, 0.1) is 5.92 Å². The van der Waals surface area contributed by atoms with E-state index in [0.717, 1.165) is 0 Å². The number of hydrogen-bond acceptors (Lipinski definition) is 4. The number of rotatable bonds is 5. The number of carboxylic acid groups (broad SMARTS) is 1. The van der Waals surface area contributed by atoms with Crippen molar-refractivity contribution in [3.63, 3.8) is 0 Å². The zero-order valence-electron chi connectivity index (χ0n) is 14.7. The first-order valence-corrected chi connectivity index (χ1v) is 8.59. The highest BCUT2D eigenvalue weighted by atomic mass is 16.5. The largest absolute Gasteiger partial charge is 0.479 e. The first kappa shape index (κ1) is 18.6. The van der Waals surface area contributed by atoms with Gasteiger partial charge in [0.05, 0.1) is 0 Å². The van der Waals surface area contributed by atoms with Crippen molar-refractivity contribution in [2.75, 3.05) is 10.6 Å². The lowest BCUT2D eigenvalue weighted by Gasteiger charge is -2.12. The van der Waals surface area contributed by atoms with Gasteiger partial charge in [0.1, 0.15) is 6.10 Å². The van der Waals surface area contributed by atoms with Crippen molar-refractivity contribution < 1.29 is 24.2 Å². The third-order valence-electron chi connectivity index (χ3n) is 4.40. The molecule has 27 heavy (non-hydrogen) atoms. The lowest BCUT2D eigenvalue weighted by Crippen LogP contribution is -2.30. The van der Waals surface area contributed by atoms with Gasteiger partial charge in [-0.25, -0.2) is 4.79 Å². The van der Waals surface area contributed by atoms with Crippen LogP contribution in [0.1, 0.15) is 23.7 Å². The van der Waals surface area contributed by atoms with Crippen molar-refractivity contribution in [2.45, 2.75) is 25.6 Å². The van der Waals surface area contributed by atoms with Crippen LogP contribution in [0.25, 0.3) is 0 Å². The lowest BCUT2D eigenvalue weighted by atomic mass is 10.0. The molecule has 140 valence electrons. The van der Waals surface area contributed by atoms with E-state index in [1.165, 1.54) is 0 Å². The van der Waals surface area contributed by atoms with Crippen LogP contribution in [-0.4, -0.2) is 35.1 Å². The first-order chi connectivity index (χ1) is 12.9. The molecule has 1 aliphatic rings. The summed E-state index contributed by atoms with van der Waals surface area (Å²) < 4.78 is 5.32. The number of carbonyl (C=O) groups is 3. The number of carbonyl (C=O) groups excluding carboxylic acids is 2. The maximum atomic E-state index is 12.3. The highest BCUT2D eigenvalue weighted by Gasteiger charge is 2.40. The van der Waals surface area contributed by atoms with E-state index in [0.29, 0.717) is 23.4 Å². The van der Waals surface area contributed by atoms with E-state index in [-0.39, 0.29) is 11.8 Å². The average molecular weight is 368 g/mol. The summed E-state index contributed by atoms with van der Waals surface area (Å²) in [7, 11) is 0. The van der Waals surface area contributed by atoms with Gasteiger partial charge in [0.25, 0.3) is 11.8 Å². The molecule has 1 aliphatic heterocycles. The molecule has 0 radical (unpaired) electrons. The standard InChI is InChI=1S/C20H20N2O5/c1-12-11-16(27-17(12)20(25)26)19(24)22-15-9-7-13(8-10-15)18(23)21-14-5-3-2-4-6-14/h2-10,12,16-17H,11H2,1H3,(H,21,23)(H,22,24)(H,25,26)/t12-,16-,17-/m1/s1. The second-order valence-corrected chi connectivity index (χ2v) is 6.48. The molecule has 3 rings (SSSR count). The normalized spacial score (nSPS) is 21.4. The summed E-state index contributed by atoms with van der Waals surface area (Å²) in [6, 6.07) is 15.5. The zero-order chi connectivity index (χ0) is 19.4. The van der Waals surface area contributed by atoms with Gasteiger partial charge in [0.15, 0.2) is 6.10 Å². The Morgan fingerprint density at radius 3 is 2.19 bits per heavy atom. The molecule has 7 nitrogen and oxygen atoms in total. The van der Waals surface area contributed by atoms with Gasteiger partial charge in [0, 0.05) is 16.9 Å². The van der Waals surface area contributed by atoms with Gasteiger partial charge in [-0.3, -0.25) is 9.59 Å². The highest BCUT2D eigenvalue weighted by Crippen LogP contribution is 2.27. The van der Waals surface area contributed by atoms with Gasteiger partial charge in [0.2, 0.25) is 0 Å². The fraction of sp³-hybridized carbons (Fsp3) is 0.250. The van der Waals surface area contributed by atoms with Gasteiger partial charge in [-0.2, -0.15) is 0 Å². The van der Waals surface area contributed by atoms with E-state index in [1.54, 1.807) is 43.3 Å². The topological polar surface area (TPSA) is 105 Å². The maximum absolute atomic E-state index is 12.3. The summed E-state index contributed by atoms with van der Waals surface area (Å²) in [6.45, 7) is 1.74. The zero-order valence-corrected chi connectivity index (χ0v) is 14.7. The van der Waals surface area contributed by atoms with Crippen molar-refractivity contribution in [1.82, 2.24) is 0 Å². The number of nitrogens with one attached hydrogen (secondary N) is 2. The Kier molecular flexibility index (Phi) is 5.52. The number of anilines is 2. The molecule has 2 aromatic rings. The fourth-order valence-corrected chi connectivity index (χ4v) is 2.95. The molecule has 2 aromatic carbocycles. The average Bonchev–Trinajstić information content (AvgIpc) is 3.05. The minimum atomic E-state index is -1.06. The number of hydrogen-bond donors (Lipinski definition) is 3. The Hall–Kier alpha value is -3.19. The van der Waals surface area contributed by atoms with Crippen LogP contribution in [0.3, 0.4) is 0 Å². The molecule has 0 unspecified atom stereocenters. The SMILES string of the molecule is C[C@@H]1C[C@H](C(=O)Nc2ccc(C(=O)Nc3ccccc3)cc2)O[C@H]1C(=O)O. The van der Waals surface area contributed by atoms with E-state index in [2.05, 4.69) is 10.6 Å². The van der Waals surface area contributed by atoms with Gasteiger partial charge < -0.3 is 20.5 Å². The van der Waals surface area contributed by atoms with Gasteiger partial charge >= 0.3 is 5.97 Å². The molecule has 0 bridgehead atoms. The molecule has 1 heterocycles. The predicted molar refractivity (Wildman–Crippen MR) is 99.5 cm³/mol. The van der Waals surface area contributed by atoms with Crippen LogP contribution in [0.5, 0.6) is 0 Å². The van der Waals surface area contributed by atoms with Crippen molar-refractivity contribution in [2.24, 2.45) is 5.92 Å². The number of amides is 2. The summed E-state index contributed by atoms with van der Waals surface area (Å²) >= 11 is 0. The van der Waals surface area contributed by atoms with Crippen LogP contribution >= 0.6 is 0 Å². The quantitative estimate of drug-likeness (QED) is 0.753. The molecule has 0 aliphatic carbocycles. The second kappa shape index (κ2) is 8.01. The lowest BCUT2D eigenvalue weighted by molar-refractivity contribution is -0.152. The molecular weight excluding hydrogens is 348 g/mol. The van der Waals surface area contributed by atoms with Crippen LogP contribution < -0.4 is 10.6 Å². The summed E-state index contributed by atoms with van der Waals surface area (Å²) in [6.07, 6.45) is -1.42. The van der Waals surface area contributed by atoms with Gasteiger partial charge in [-0.15, -0.1) is 0 Å². The van der Waals surface area contributed by atoms with Gasteiger partial charge in [-0.05, 0) is 48.7 Å². The molecule has 0 aromatic heterocycles. The molecule has 3 N–H and O–H groups in total. The third kappa shape index (κ3) is 4.51. The second-order valence-electron chi connectivity index (χ2n) is 6.48. The summed E-state index contributed by atoms with van der Waals surface area (Å²) in [5.41, 5.74) is 1.65. The number of carboxylic acids is 1. The van der Waals surface area contributed by atoms with Crippen LogP contribution in [-0.2, 0) is 14.3 Å². The maximum Gasteiger partial charge on any atom is 0.333 e. The molecule has 1 saturated heterocycles. The summed E-state index contributed by atoms with van der Waals surface area (Å²) in [5.74, 6) is -1.95. The Bertz CT molecular complexity index is 835. The molecule has 2 amide bonds. The van der Waals surface area contributed by atoms with Crippen molar-refractivity contribution in [1.29, 1.82) is 0 Å². The van der Waals surface area contributed by atoms with Crippen molar-refractivity contribution >= 4 is 29.2 Å². The van der Waals surface area contributed by atoms with Gasteiger partial charge in [-0.1, -0.05) is 25.1 Å². The van der Waals surface area contributed by atoms with E-state index in [4.69, 9.17) is 9.84 Å². The highest BCUT2D eigenvalue weighted by molar-refractivity contribution is 6.04. The predicted octanol–water partition coefficient (Wildman–Crippen LogP) is 2.76. The summed E-state index contributed by atoms with van der Waals surface area (Å²) in [5, 5.41) is 14.5. The fourth-order valence-electron chi connectivity index (χ4n) is 2.95. The smallest absolute Gasteiger partial charge is 0.333 e. The molecule has 7 heteroatoms. The number of para-hydroxylation sites is 1. The van der Waals surface area contributed by atoms with Crippen molar-refractivity contribution in [3.8, 4) is 0 Å². The molecule has 3 atom stereocenters. The van der Waals surface area contributed by atoms with E-state index < -0.39 is 24.1 Å². The van der Waals surface area contributed by atoms with E-state index >= 15 is 0 Å². The molecule has 0 spiro atoms. The Morgan fingerprint density at radius 1 is 0.963 bits per heavy atom. The Morgan fingerprint density at radius 2 is 1.59 bits per heavy atom.